The first-order chi connectivity index (χ1) is 9.93. The van der Waals surface area contributed by atoms with Crippen LogP contribution in [0.3, 0.4) is 0 Å². The summed E-state index contributed by atoms with van der Waals surface area (Å²) in [5.41, 5.74) is 0.838. The van der Waals surface area contributed by atoms with Crippen LogP contribution in [0.5, 0.6) is 0 Å². The SMILES string of the molecule is CCCC1NC(=O)C(C)N(Cc2ccc(Br)cc2Cl)C1=O. The molecule has 6 heteroatoms. The second-order valence-corrected chi connectivity index (χ2v) is 6.55. The second-order valence-electron chi connectivity index (χ2n) is 5.23. The number of rotatable bonds is 4. The molecule has 0 aliphatic carbocycles. The molecule has 1 saturated heterocycles. The van der Waals surface area contributed by atoms with Crippen LogP contribution in [0.25, 0.3) is 0 Å². The molecule has 0 aromatic heterocycles. The zero-order valence-electron chi connectivity index (χ0n) is 12.0. The molecule has 4 nitrogen and oxygen atoms in total. The number of amides is 2. The molecular weight excluding hydrogens is 356 g/mol. The average molecular weight is 374 g/mol. The molecule has 0 radical (unpaired) electrons. The Morgan fingerprint density at radius 1 is 1.38 bits per heavy atom. The molecule has 1 aliphatic rings. The summed E-state index contributed by atoms with van der Waals surface area (Å²) in [4.78, 5) is 26.1. The van der Waals surface area contributed by atoms with Gasteiger partial charge >= 0.3 is 0 Å². The highest BCUT2D eigenvalue weighted by Crippen LogP contribution is 2.25. The van der Waals surface area contributed by atoms with Crippen LogP contribution in [0.2, 0.25) is 5.02 Å². The van der Waals surface area contributed by atoms with Crippen LogP contribution in [-0.4, -0.2) is 28.8 Å². The molecule has 1 fully saturated rings. The normalized spacial score (nSPS) is 22.4. The Kier molecular flexibility index (Phi) is 5.27. The van der Waals surface area contributed by atoms with E-state index in [1.165, 1.54) is 0 Å². The van der Waals surface area contributed by atoms with Gasteiger partial charge in [0.15, 0.2) is 0 Å². The summed E-state index contributed by atoms with van der Waals surface area (Å²) < 4.78 is 0.885. The summed E-state index contributed by atoms with van der Waals surface area (Å²) in [7, 11) is 0. The lowest BCUT2D eigenvalue weighted by molar-refractivity contribution is -0.149. The molecule has 21 heavy (non-hydrogen) atoms. The summed E-state index contributed by atoms with van der Waals surface area (Å²) in [6.07, 6.45) is 1.50. The molecule has 1 N–H and O–H groups in total. The van der Waals surface area contributed by atoms with Gasteiger partial charge in [-0.3, -0.25) is 9.59 Å². The van der Waals surface area contributed by atoms with E-state index in [9.17, 15) is 9.59 Å². The van der Waals surface area contributed by atoms with Gasteiger partial charge < -0.3 is 10.2 Å². The van der Waals surface area contributed by atoms with Gasteiger partial charge in [0.1, 0.15) is 12.1 Å². The monoisotopic (exact) mass is 372 g/mol. The minimum Gasteiger partial charge on any atom is -0.343 e. The summed E-state index contributed by atoms with van der Waals surface area (Å²) >= 11 is 9.57. The van der Waals surface area contributed by atoms with Crippen LogP contribution in [0, 0.1) is 0 Å². The first-order valence-corrected chi connectivity index (χ1v) is 8.16. The van der Waals surface area contributed by atoms with E-state index in [4.69, 9.17) is 11.6 Å². The minimum absolute atomic E-state index is 0.0389. The minimum atomic E-state index is -0.481. The maximum Gasteiger partial charge on any atom is 0.246 e. The van der Waals surface area contributed by atoms with Crippen LogP contribution in [0.1, 0.15) is 32.3 Å². The Labute approximate surface area is 138 Å². The van der Waals surface area contributed by atoms with Crippen LogP contribution in [-0.2, 0) is 16.1 Å². The van der Waals surface area contributed by atoms with Crippen molar-refractivity contribution in [1.29, 1.82) is 0 Å². The van der Waals surface area contributed by atoms with Gasteiger partial charge in [-0.15, -0.1) is 0 Å². The number of carbonyl (C=O) groups is 2. The maximum absolute atomic E-state index is 12.5. The van der Waals surface area contributed by atoms with Crippen molar-refractivity contribution in [2.45, 2.75) is 45.3 Å². The van der Waals surface area contributed by atoms with Gasteiger partial charge in [-0.1, -0.05) is 46.9 Å². The molecular formula is C15H18BrClN2O2. The fourth-order valence-corrected chi connectivity index (χ4v) is 3.15. The van der Waals surface area contributed by atoms with Crippen molar-refractivity contribution in [3.63, 3.8) is 0 Å². The number of carbonyl (C=O) groups excluding carboxylic acids is 2. The maximum atomic E-state index is 12.5. The first-order valence-electron chi connectivity index (χ1n) is 6.98. The molecule has 114 valence electrons. The highest BCUT2D eigenvalue weighted by atomic mass is 79.9. The molecule has 2 atom stereocenters. The first kappa shape index (κ1) is 16.3. The summed E-state index contributed by atoms with van der Waals surface area (Å²) in [5, 5.41) is 3.37. The number of nitrogens with zero attached hydrogens (tertiary/aromatic N) is 1. The van der Waals surface area contributed by atoms with E-state index in [2.05, 4.69) is 21.2 Å². The standard InChI is InChI=1S/C15H18BrClN2O2/c1-3-4-13-15(21)19(9(2)14(20)18-13)8-10-5-6-11(16)7-12(10)17/h5-7,9,13H,3-4,8H2,1-2H3,(H,18,20). The Morgan fingerprint density at radius 3 is 2.71 bits per heavy atom. The molecule has 0 bridgehead atoms. The smallest absolute Gasteiger partial charge is 0.246 e. The number of hydrogen-bond acceptors (Lipinski definition) is 2. The Bertz CT molecular complexity index is 565. The summed E-state index contributed by atoms with van der Waals surface area (Å²) in [6, 6.07) is 4.63. The lowest BCUT2D eigenvalue weighted by Crippen LogP contribution is -2.61. The number of nitrogens with one attached hydrogen (secondary N) is 1. The van der Waals surface area contributed by atoms with Crippen molar-refractivity contribution in [2.75, 3.05) is 0 Å². The molecule has 0 spiro atoms. The predicted octanol–water partition coefficient (Wildman–Crippen LogP) is 3.12. The zero-order valence-corrected chi connectivity index (χ0v) is 14.4. The summed E-state index contributed by atoms with van der Waals surface area (Å²) in [6.45, 7) is 4.08. The Morgan fingerprint density at radius 2 is 2.10 bits per heavy atom. The molecule has 2 amide bonds. The fraction of sp³-hybridized carbons (Fsp3) is 0.467. The van der Waals surface area contributed by atoms with Gasteiger partial charge in [0.25, 0.3) is 0 Å². The average Bonchev–Trinajstić information content (AvgIpc) is 2.43. The Hall–Kier alpha value is -1.07. The van der Waals surface area contributed by atoms with Crippen LogP contribution >= 0.6 is 27.5 Å². The number of halogens is 2. The van der Waals surface area contributed by atoms with Crippen LogP contribution < -0.4 is 5.32 Å². The third-order valence-corrected chi connectivity index (χ3v) is 4.52. The van der Waals surface area contributed by atoms with Gasteiger partial charge in [0.2, 0.25) is 11.8 Å². The fourth-order valence-electron chi connectivity index (χ4n) is 2.42. The quantitative estimate of drug-likeness (QED) is 0.881. The third-order valence-electron chi connectivity index (χ3n) is 3.68. The molecule has 0 saturated carbocycles. The molecule has 2 unspecified atom stereocenters. The van der Waals surface area contributed by atoms with E-state index in [0.717, 1.165) is 16.5 Å². The molecule has 1 aliphatic heterocycles. The molecule has 1 aromatic rings. The second kappa shape index (κ2) is 6.79. The largest absolute Gasteiger partial charge is 0.343 e. The number of benzene rings is 1. The van der Waals surface area contributed by atoms with Crippen molar-refractivity contribution in [1.82, 2.24) is 10.2 Å². The predicted molar refractivity (Wildman–Crippen MR) is 86.0 cm³/mol. The van der Waals surface area contributed by atoms with E-state index < -0.39 is 12.1 Å². The zero-order chi connectivity index (χ0) is 15.6. The topological polar surface area (TPSA) is 49.4 Å². The van der Waals surface area contributed by atoms with Crippen molar-refractivity contribution >= 4 is 39.3 Å². The Balaban J connectivity index is 2.22. The number of piperazine rings is 1. The van der Waals surface area contributed by atoms with Crippen LogP contribution in [0.15, 0.2) is 22.7 Å². The highest BCUT2D eigenvalue weighted by molar-refractivity contribution is 9.10. The van der Waals surface area contributed by atoms with E-state index in [0.29, 0.717) is 18.0 Å². The van der Waals surface area contributed by atoms with Crippen molar-refractivity contribution in [3.05, 3.63) is 33.3 Å². The van der Waals surface area contributed by atoms with Crippen LogP contribution in [0.4, 0.5) is 0 Å². The van der Waals surface area contributed by atoms with Gasteiger partial charge in [-0.25, -0.2) is 0 Å². The lowest BCUT2D eigenvalue weighted by Gasteiger charge is -2.37. The van der Waals surface area contributed by atoms with Gasteiger partial charge in [-0.05, 0) is 31.0 Å². The van der Waals surface area contributed by atoms with Crippen molar-refractivity contribution < 1.29 is 9.59 Å². The highest BCUT2D eigenvalue weighted by Gasteiger charge is 2.37. The van der Waals surface area contributed by atoms with E-state index >= 15 is 0 Å². The van der Waals surface area contributed by atoms with E-state index in [1.807, 2.05) is 19.1 Å². The van der Waals surface area contributed by atoms with E-state index in [1.54, 1.807) is 17.9 Å². The van der Waals surface area contributed by atoms with Crippen molar-refractivity contribution in [2.24, 2.45) is 0 Å². The molecule has 2 rings (SSSR count). The third kappa shape index (κ3) is 3.58. The molecule has 1 heterocycles. The van der Waals surface area contributed by atoms with Gasteiger partial charge in [0.05, 0.1) is 0 Å². The van der Waals surface area contributed by atoms with Crippen molar-refractivity contribution in [3.8, 4) is 0 Å². The van der Waals surface area contributed by atoms with E-state index in [-0.39, 0.29) is 11.8 Å². The van der Waals surface area contributed by atoms with Gasteiger partial charge in [-0.2, -0.15) is 0 Å². The summed E-state index contributed by atoms with van der Waals surface area (Å²) in [5.74, 6) is -0.149. The number of hydrogen-bond donors (Lipinski definition) is 1. The van der Waals surface area contributed by atoms with Gasteiger partial charge in [0, 0.05) is 16.0 Å². The lowest BCUT2D eigenvalue weighted by atomic mass is 10.0. The molecule has 1 aromatic carbocycles.